The van der Waals surface area contributed by atoms with Crippen LogP contribution in [0, 0.1) is 0 Å². The van der Waals surface area contributed by atoms with E-state index in [2.05, 4.69) is 116 Å². The van der Waals surface area contributed by atoms with Crippen molar-refractivity contribution in [3.05, 3.63) is 109 Å². The van der Waals surface area contributed by atoms with E-state index in [1.165, 1.54) is 70.6 Å². The zero-order valence-electron chi connectivity index (χ0n) is 48.6. The number of carbonyl (C=O) groups is 1. The van der Waals surface area contributed by atoms with Gasteiger partial charge in [-0.25, -0.2) is 0 Å². The normalized spacial score (nSPS) is 25.2. The lowest BCUT2D eigenvalue weighted by Crippen LogP contribution is -2.65. The average Bonchev–Trinajstić information content (AvgIpc) is 3.46. The molecule has 0 spiro atoms. The van der Waals surface area contributed by atoms with Gasteiger partial charge in [-0.1, -0.05) is 207 Å². The van der Waals surface area contributed by atoms with Crippen LogP contribution in [0.15, 0.2) is 109 Å². The minimum absolute atomic E-state index is 0.253. The van der Waals surface area contributed by atoms with Gasteiger partial charge in [0.25, 0.3) is 0 Å². The van der Waals surface area contributed by atoms with Crippen molar-refractivity contribution in [2.75, 3.05) is 19.8 Å². The molecule has 2 saturated heterocycles. The number of hydrogen-bond acceptors (Lipinski definition) is 13. The molecule has 12 unspecified atom stereocenters. The largest absolute Gasteiger partial charge is 0.394 e. The Hall–Kier alpha value is -3.35. The van der Waals surface area contributed by atoms with Gasteiger partial charge in [0.1, 0.15) is 48.8 Å². The van der Waals surface area contributed by atoms with Gasteiger partial charge in [-0.2, -0.15) is 0 Å². The number of amides is 1. The van der Waals surface area contributed by atoms with E-state index in [4.69, 9.17) is 18.9 Å². The summed E-state index contributed by atoms with van der Waals surface area (Å²) in [7, 11) is 0. The molecule has 0 aromatic carbocycles. The number of aliphatic hydroxyl groups excluding tert-OH is 8. The second-order valence-corrected chi connectivity index (χ2v) is 21.1. The molecule has 0 radical (unpaired) electrons. The van der Waals surface area contributed by atoms with E-state index in [0.717, 1.165) is 96.3 Å². The predicted octanol–water partition coefficient (Wildman–Crippen LogP) is 10.8. The molecule has 1 amide bonds. The van der Waals surface area contributed by atoms with Crippen LogP contribution in [0.4, 0.5) is 0 Å². The number of aliphatic hydroxyl groups is 8. The Kier molecular flexibility index (Phi) is 44.8. The Balaban J connectivity index is 1.77. The quantitative estimate of drug-likeness (QED) is 0.0204. The van der Waals surface area contributed by atoms with Crippen molar-refractivity contribution in [3.63, 3.8) is 0 Å². The van der Waals surface area contributed by atoms with Crippen molar-refractivity contribution >= 4 is 5.91 Å². The fourth-order valence-electron chi connectivity index (χ4n) is 9.27. The third kappa shape index (κ3) is 34.6. The smallest absolute Gasteiger partial charge is 0.220 e. The Morgan fingerprint density at radius 2 is 0.886 bits per heavy atom. The van der Waals surface area contributed by atoms with Crippen LogP contribution in [-0.2, 0) is 23.7 Å². The maximum absolute atomic E-state index is 13.3. The van der Waals surface area contributed by atoms with Gasteiger partial charge in [-0.15, -0.1) is 0 Å². The number of nitrogens with one attached hydrogen (secondary N) is 1. The van der Waals surface area contributed by atoms with Gasteiger partial charge in [0.05, 0.1) is 32.0 Å². The van der Waals surface area contributed by atoms with Crippen LogP contribution < -0.4 is 5.32 Å². The summed E-state index contributed by atoms with van der Waals surface area (Å²) in [6.45, 7) is 2.63. The molecule has 14 heteroatoms. The summed E-state index contributed by atoms with van der Waals surface area (Å²) in [6, 6.07) is -0.951. The second-order valence-electron chi connectivity index (χ2n) is 21.1. The maximum Gasteiger partial charge on any atom is 0.220 e. The van der Waals surface area contributed by atoms with Crippen LogP contribution in [0.5, 0.6) is 0 Å². The van der Waals surface area contributed by atoms with E-state index in [1.54, 1.807) is 6.08 Å². The minimum Gasteiger partial charge on any atom is -0.394 e. The molecule has 14 nitrogen and oxygen atoms in total. The molecule has 0 aromatic rings. The second kappa shape index (κ2) is 49.3. The van der Waals surface area contributed by atoms with Gasteiger partial charge in [-0.3, -0.25) is 4.79 Å². The number of carbonyl (C=O) groups excluding carboxylic acids is 1. The summed E-state index contributed by atoms with van der Waals surface area (Å²) in [4.78, 5) is 13.3. The Morgan fingerprint density at radius 3 is 1.39 bits per heavy atom. The monoisotopic (exact) mass is 1110 g/mol. The molecule has 0 aromatic heterocycles. The molecular formula is C65H109NO13. The van der Waals surface area contributed by atoms with Crippen LogP contribution in [0.3, 0.4) is 0 Å². The highest BCUT2D eigenvalue weighted by molar-refractivity contribution is 5.76. The molecule has 12 atom stereocenters. The summed E-state index contributed by atoms with van der Waals surface area (Å²) in [6.07, 6.45) is 52.6. The van der Waals surface area contributed by atoms with Gasteiger partial charge < -0.3 is 65.1 Å². The van der Waals surface area contributed by atoms with Crippen molar-refractivity contribution in [2.45, 2.75) is 274 Å². The fourth-order valence-corrected chi connectivity index (χ4v) is 9.27. The molecule has 2 aliphatic rings. The van der Waals surface area contributed by atoms with Crippen LogP contribution >= 0.6 is 0 Å². The Labute approximate surface area is 476 Å². The van der Waals surface area contributed by atoms with Gasteiger partial charge in [0.2, 0.25) is 5.91 Å². The van der Waals surface area contributed by atoms with E-state index < -0.39 is 86.8 Å². The average molecular weight is 1110 g/mol. The van der Waals surface area contributed by atoms with Crippen molar-refractivity contribution < 1.29 is 64.6 Å². The van der Waals surface area contributed by atoms with Gasteiger partial charge in [0, 0.05) is 6.42 Å². The highest BCUT2D eigenvalue weighted by atomic mass is 16.7. The lowest BCUT2D eigenvalue weighted by atomic mass is 9.97. The maximum atomic E-state index is 13.3. The van der Waals surface area contributed by atoms with E-state index >= 15 is 0 Å². The zero-order valence-corrected chi connectivity index (χ0v) is 48.6. The lowest BCUT2D eigenvalue weighted by molar-refractivity contribution is -0.359. The summed E-state index contributed by atoms with van der Waals surface area (Å²) < 4.78 is 22.8. The Morgan fingerprint density at radius 1 is 0.468 bits per heavy atom. The predicted molar refractivity (Wildman–Crippen MR) is 318 cm³/mol. The van der Waals surface area contributed by atoms with E-state index in [9.17, 15) is 45.6 Å². The number of hydrogen-bond donors (Lipinski definition) is 9. The molecule has 0 aliphatic carbocycles. The topological polar surface area (TPSA) is 228 Å². The van der Waals surface area contributed by atoms with Crippen LogP contribution in [0.25, 0.3) is 0 Å². The minimum atomic E-state index is -1.80. The van der Waals surface area contributed by atoms with E-state index in [0.29, 0.717) is 12.8 Å². The number of allylic oxidation sites excluding steroid dienone is 17. The summed E-state index contributed by atoms with van der Waals surface area (Å²) in [5.74, 6) is -0.267. The summed E-state index contributed by atoms with van der Waals surface area (Å²) in [5.41, 5.74) is 0. The van der Waals surface area contributed by atoms with Crippen LogP contribution in [-0.4, -0.2) is 140 Å². The first kappa shape index (κ1) is 71.8. The van der Waals surface area contributed by atoms with Crippen LogP contribution in [0.2, 0.25) is 0 Å². The Bertz CT molecular complexity index is 1740. The number of unbranched alkanes of at least 4 members (excludes halogenated alkanes) is 18. The molecule has 0 saturated carbocycles. The highest BCUT2D eigenvalue weighted by Crippen LogP contribution is 2.30. The van der Waals surface area contributed by atoms with Gasteiger partial charge in [-0.05, 0) is 96.3 Å². The molecule has 2 fully saturated rings. The summed E-state index contributed by atoms with van der Waals surface area (Å²) in [5, 5.41) is 87.1. The number of ether oxygens (including phenoxy) is 4. The summed E-state index contributed by atoms with van der Waals surface area (Å²) >= 11 is 0. The van der Waals surface area contributed by atoms with Crippen molar-refractivity contribution in [1.29, 1.82) is 0 Å². The molecule has 2 rings (SSSR count). The third-order valence-corrected chi connectivity index (χ3v) is 14.2. The van der Waals surface area contributed by atoms with Gasteiger partial charge >= 0.3 is 0 Å². The first-order valence-corrected chi connectivity index (χ1v) is 30.6. The highest BCUT2D eigenvalue weighted by Gasteiger charge is 2.51. The first-order valence-electron chi connectivity index (χ1n) is 30.6. The van der Waals surface area contributed by atoms with E-state index in [-0.39, 0.29) is 18.9 Å². The van der Waals surface area contributed by atoms with Crippen LogP contribution in [0.1, 0.15) is 200 Å². The van der Waals surface area contributed by atoms with E-state index in [1.807, 2.05) is 6.08 Å². The van der Waals surface area contributed by atoms with Crippen molar-refractivity contribution in [2.24, 2.45) is 0 Å². The third-order valence-electron chi connectivity index (χ3n) is 14.2. The molecule has 2 aliphatic heterocycles. The lowest BCUT2D eigenvalue weighted by Gasteiger charge is -2.46. The molecule has 79 heavy (non-hydrogen) atoms. The number of rotatable bonds is 47. The zero-order chi connectivity index (χ0) is 57.4. The van der Waals surface area contributed by atoms with Crippen molar-refractivity contribution in [1.82, 2.24) is 5.32 Å². The molecule has 452 valence electrons. The van der Waals surface area contributed by atoms with Gasteiger partial charge in [0.15, 0.2) is 12.6 Å². The molecule has 2 heterocycles. The first-order chi connectivity index (χ1) is 38.6. The SMILES string of the molecule is CC/C=C\C/C=C\C/C=C\C/C=C\C/C=C\C/C=C\CCCCCCCCCCC(=O)NC(COC1OC(CO)C(OC2OC(CO)C(O)C(O)C2O)C(O)C1O)C(O)/C=C/CC/C=C/CC/C=C/CCCCCCCCCC. The molecule has 0 bridgehead atoms. The standard InChI is InChI=1S/C65H109NO13/c1-3-5-7-9-11-13-15-17-19-21-23-24-25-26-27-28-29-30-31-33-35-37-39-41-43-45-47-49-57(70)66-53(54(69)48-46-44-42-40-38-36-34-32-22-20-18-16-14-12-10-8-6-4-2)52-76-64-62(75)60(73)63(56(51-68)78-64)79-65-61(74)59(72)58(71)55(50-67)77-65/h5,7,11,13,17,19,22-24,26-27,29-30,32,38,40,46,48,53-56,58-65,67-69,71-75H,3-4,6,8-10,12,14-16,18,20-21,25,28,31,33-37,39,41-45,47,49-52H2,1-2H3,(H,66,70)/b7-5-,13-11-,19-17-,24-23-,27-26-,30-29-,32-22+,40-38+,48-46+. The fraction of sp³-hybridized carbons (Fsp3) is 0.708. The van der Waals surface area contributed by atoms with Crippen molar-refractivity contribution in [3.8, 4) is 0 Å². The molecular weight excluding hydrogens is 1000 g/mol. The molecule has 9 N–H and O–H groups in total.